The van der Waals surface area contributed by atoms with Gasteiger partial charge in [-0.05, 0) is 39.7 Å². The molecule has 0 fully saturated rings. The van der Waals surface area contributed by atoms with Gasteiger partial charge >= 0.3 is 5.97 Å². The molecule has 0 aromatic heterocycles. The molecule has 0 aliphatic heterocycles. The standard InChI is InChI=1S/C12H25NO2/c1-7-13(10(4)5)12(6,11(14)15)8-9(2)3/h9-10H,7-8H2,1-6H3,(H,14,15). The largest absolute Gasteiger partial charge is 0.480 e. The van der Waals surface area contributed by atoms with Gasteiger partial charge in [-0.15, -0.1) is 0 Å². The number of hydrogen-bond acceptors (Lipinski definition) is 2. The van der Waals surface area contributed by atoms with E-state index in [9.17, 15) is 9.90 Å². The Labute approximate surface area is 93.5 Å². The molecule has 0 amide bonds. The van der Waals surface area contributed by atoms with Crippen LogP contribution in [0.15, 0.2) is 0 Å². The molecule has 15 heavy (non-hydrogen) atoms. The Balaban J connectivity index is 4.98. The molecule has 0 bridgehead atoms. The quantitative estimate of drug-likeness (QED) is 0.740. The van der Waals surface area contributed by atoms with Crippen molar-refractivity contribution in [3.8, 4) is 0 Å². The Bertz CT molecular complexity index is 214. The molecule has 0 spiro atoms. The minimum absolute atomic E-state index is 0.259. The van der Waals surface area contributed by atoms with E-state index in [0.717, 1.165) is 6.54 Å². The highest BCUT2D eigenvalue weighted by molar-refractivity contribution is 5.78. The van der Waals surface area contributed by atoms with Gasteiger partial charge in [-0.2, -0.15) is 0 Å². The maximum atomic E-state index is 11.4. The third kappa shape index (κ3) is 3.49. The van der Waals surface area contributed by atoms with Crippen LogP contribution in [0.5, 0.6) is 0 Å². The molecular formula is C12H25NO2. The zero-order chi connectivity index (χ0) is 12.2. The van der Waals surface area contributed by atoms with Gasteiger partial charge in [-0.3, -0.25) is 9.69 Å². The summed E-state index contributed by atoms with van der Waals surface area (Å²) >= 11 is 0. The van der Waals surface area contributed by atoms with Crippen molar-refractivity contribution in [2.75, 3.05) is 6.54 Å². The predicted molar refractivity (Wildman–Crippen MR) is 63.0 cm³/mol. The predicted octanol–water partition coefficient (Wildman–Crippen LogP) is 2.61. The summed E-state index contributed by atoms with van der Waals surface area (Å²) < 4.78 is 0. The number of rotatable bonds is 6. The van der Waals surface area contributed by atoms with E-state index in [4.69, 9.17) is 0 Å². The smallest absolute Gasteiger partial charge is 0.323 e. The number of carboxylic acids is 1. The minimum Gasteiger partial charge on any atom is -0.480 e. The summed E-state index contributed by atoms with van der Waals surface area (Å²) in [6.07, 6.45) is 0.689. The fraction of sp³-hybridized carbons (Fsp3) is 0.917. The number of carboxylic acid groups (broad SMARTS) is 1. The van der Waals surface area contributed by atoms with E-state index in [2.05, 4.69) is 18.7 Å². The molecule has 1 atom stereocenters. The van der Waals surface area contributed by atoms with Gasteiger partial charge in [0.15, 0.2) is 0 Å². The van der Waals surface area contributed by atoms with Crippen LogP contribution < -0.4 is 0 Å². The van der Waals surface area contributed by atoms with E-state index < -0.39 is 11.5 Å². The second kappa shape index (κ2) is 5.50. The summed E-state index contributed by atoms with van der Waals surface area (Å²) in [6.45, 7) is 12.8. The number of hydrogen-bond donors (Lipinski definition) is 1. The lowest BCUT2D eigenvalue weighted by molar-refractivity contribution is -0.153. The Morgan fingerprint density at radius 2 is 1.80 bits per heavy atom. The zero-order valence-electron chi connectivity index (χ0n) is 10.9. The highest BCUT2D eigenvalue weighted by atomic mass is 16.4. The molecule has 0 saturated heterocycles. The first-order valence-corrected chi connectivity index (χ1v) is 5.75. The number of likely N-dealkylation sites (N-methyl/N-ethyl adjacent to an activating group) is 1. The average Bonchev–Trinajstić information content (AvgIpc) is 2.02. The molecule has 3 nitrogen and oxygen atoms in total. The molecule has 0 rings (SSSR count). The van der Waals surface area contributed by atoms with Crippen molar-refractivity contribution in [1.29, 1.82) is 0 Å². The molecule has 90 valence electrons. The molecule has 1 unspecified atom stereocenters. The maximum Gasteiger partial charge on any atom is 0.323 e. The first-order chi connectivity index (χ1) is 6.75. The van der Waals surface area contributed by atoms with Crippen LogP contribution in [-0.2, 0) is 4.79 Å². The topological polar surface area (TPSA) is 40.5 Å². The van der Waals surface area contributed by atoms with Crippen LogP contribution in [-0.4, -0.2) is 34.1 Å². The van der Waals surface area contributed by atoms with Crippen molar-refractivity contribution >= 4 is 5.97 Å². The van der Waals surface area contributed by atoms with E-state index in [1.165, 1.54) is 0 Å². The van der Waals surface area contributed by atoms with Gasteiger partial charge in [0, 0.05) is 6.04 Å². The average molecular weight is 215 g/mol. The monoisotopic (exact) mass is 215 g/mol. The summed E-state index contributed by atoms with van der Waals surface area (Å²) in [4.78, 5) is 13.5. The van der Waals surface area contributed by atoms with Gasteiger partial charge in [0.05, 0.1) is 0 Å². The molecule has 3 heteroatoms. The first-order valence-electron chi connectivity index (χ1n) is 5.75. The Morgan fingerprint density at radius 3 is 2.00 bits per heavy atom. The van der Waals surface area contributed by atoms with Crippen LogP contribution in [0.2, 0.25) is 0 Å². The van der Waals surface area contributed by atoms with Crippen molar-refractivity contribution in [2.24, 2.45) is 5.92 Å². The molecular weight excluding hydrogens is 190 g/mol. The van der Waals surface area contributed by atoms with Gasteiger partial charge in [-0.25, -0.2) is 0 Å². The molecule has 0 aromatic carbocycles. The third-order valence-electron chi connectivity index (χ3n) is 2.86. The van der Waals surface area contributed by atoms with Gasteiger partial charge in [-0.1, -0.05) is 20.8 Å². The van der Waals surface area contributed by atoms with Crippen molar-refractivity contribution in [3.05, 3.63) is 0 Å². The molecule has 1 N–H and O–H groups in total. The van der Waals surface area contributed by atoms with Gasteiger partial charge in [0.2, 0.25) is 0 Å². The Kier molecular flexibility index (Phi) is 5.29. The van der Waals surface area contributed by atoms with Crippen molar-refractivity contribution in [3.63, 3.8) is 0 Å². The Hall–Kier alpha value is -0.570. The lowest BCUT2D eigenvalue weighted by atomic mass is 9.88. The van der Waals surface area contributed by atoms with Crippen molar-refractivity contribution in [2.45, 2.75) is 59.5 Å². The summed E-state index contributed by atoms with van der Waals surface area (Å²) in [5.74, 6) is -0.328. The van der Waals surface area contributed by atoms with Crippen LogP contribution in [0.1, 0.15) is 48.0 Å². The van der Waals surface area contributed by atoms with Crippen LogP contribution in [0.25, 0.3) is 0 Å². The molecule has 0 aliphatic rings. The minimum atomic E-state index is -0.739. The highest BCUT2D eigenvalue weighted by Crippen LogP contribution is 2.26. The summed E-state index contributed by atoms with van der Waals surface area (Å²) in [5, 5.41) is 9.39. The van der Waals surface area contributed by atoms with Gasteiger partial charge < -0.3 is 5.11 Å². The third-order valence-corrected chi connectivity index (χ3v) is 2.86. The number of nitrogens with zero attached hydrogens (tertiary/aromatic N) is 1. The van der Waals surface area contributed by atoms with Gasteiger partial charge in [0.25, 0.3) is 0 Å². The fourth-order valence-corrected chi connectivity index (χ4v) is 2.41. The normalized spacial score (nSPS) is 16.1. The first kappa shape index (κ1) is 14.4. The van der Waals surface area contributed by atoms with Crippen LogP contribution in [0.4, 0.5) is 0 Å². The SMILES string of the molecule is CCN(C(C)C)C(C)(CC(C)C)C(=O)O. The van der Waals surface area contributed by atoms with E-state index in [1.807, 2.05) is 27.7 Å². The zero-order valence-corrected chi connectivity index (χ0v) is 10.9. The number of carbonyl (C=O) groups is 1. The van der Waals surface area contributed by atoms with Crippen molar-refractivity contribution < 1.29 is 9.90 Å². The summed E-state index contributed by atoms with van der Waals surface area (Å²) in [6, 6.07) is 0.259. The van der Waals surface area contributed by atoms with E-state index >= 15 is 0 Å². The van der Waals surface area contributed by atoms with E-state index in [1.54, 1.807) is 0 Å². The second-order valence-electron chi connectivity index (χ2n) is 5.06. The molecule has 0 heterocycles. The summed E-state index contributed by atoms with van der Waals surface area (Å²) in [5.41, 5.74) is -0.739. The lowest BCUT2D eigenvalue weighted by Gasteiger charge is -2.41. The van der Waals surface area contributed by atoms with E-state index in [0.29, 0.717) is 12.3 Å². The van der Waals surface area contributed by atoms with Crippen LogP contribution in [0, 0.1) is 5.92 Å². The summed E-state index contributed by atoms with van der Waals surface area (Å²) in [7, 11) is 0. The molecule has 0 saturated carbocycles. The Morgan fingerprint density at radius 1 is 1.33 bits per heavy atom. The van der Waals surface area contributed by atoms with Crippen molar-refractivity contribution in [1.82, 2.24) is 4.90 Å². The molecule has 0 aromatic rings. The molecule has 0 aliphatic carbocycles. The fourth-order valence-electron chi connectivity index (χ4n) is 2.41. The van der Waals surface area contributed by atoms with E-state index in [-0.39, 0.29) is 6.04 Å². The maximum absolute atomic E-state index is 11.4. The van der Waals surface area contributed by atoms with Crippen LogP contribution >= 0.6 is 0 Å². The van der Waals surface area contributed by atoms with Crippen LogP contribution in [0.3, 0.4) is 0 Å². The molecule has 0 radical (unpaired) electrons. The second-order valence-corrected chi connectivity index (χ2v) is 5.06. The highest BCUT2D eigenvalue weighted by Gasteiger charge is 2.40. The van der Waals surface area contributed by atoms with Gasteiger partial charge in [0.1, 0.15) is 5.54 Å². The lowest BCUT2D eigenvalue weighted by Crippen LogP contribution is -2.55. The number of aliphatic carboxylic acids is 1.